The average Bonchev–Trinajstić information content (AvgIpc) is 3.40. The van der Waals surface area contributed by atoms with Crippen molar-refractivity contribution < 1.29 is 33.7 Å². The van der Waals surface area contributed by atoms with Crippen LogP contribution in [-0.4, -0.2) is 85.9 Å². The Labute approximate surface area is 241 Å². The number of rotatable bonds is 10. The monoisotopic (exact) mass is 567 g/mol. The van der Waals surface area contributed by atoms with Gasteiger partial charge in [0.1, 0.15) is 5.84 Å². The van der Waals surface area contributed by atoms with Gasteiger partial charge in [0.25, 0.3) is 0 Å². The minimum absolute atomic E-state index is 0.376. The highest BCUT2D eigenvalue weighted by Crippen LogP contribution is 2.54. The molecule has 2 aromatic carbocycles. The Morgan fingerprint density at radius 1 is 0.976 bits per heavy atom. The van der Waals surface area contributed by atoms with Crippen LogP contribution in [0.3, 0.4) is 0 Å². The lowest BCUT2D eigenvalue weighted by Gasteiger charge is -2.46. The Hall–Kier alpha value is -3.66. The number of benzene rings is 2. The number of hydrogen-bond acceptors (Lipinski definition) is 9. The molecule has 0 saturated carbocycles. The molecule has 2 fully saturated rings. The van der Waals surface area contributed by atoms with Gasteiger partial charge in [0.05, 0.1) is 50.4 Å². The van der Waals surface area contributed by atoms with Crippen molar-refractivity contribution in [2.45, 2.75) is 52.2 Å². The third kappa shape index (κ3) is 5.37. The van der Waals surface area contributed by atoms with Crippen molar-refractivity contribution in [1.29, 1.82) is 0 Å². The van der Waals surface area contributed by atoms with E-state index in [1.54, 1.807) is 14.2 Å². The van der Waals surface area contributed by atoms with E-state index in [2.05, 4.69) is 15.0 Å². The first kappa shape index (κ1) is 28.9. The Balaban J connectivity index is 1.36. The lowest BCUT2D eigenvalue weighted by Crippen LogP contribution is -2.61. The van der Waals surface area contributed by atoms with Gasteiger partial charge in [0.15, 0.2) is 28.6 Å². The molecule has 2 aromatic rings. The topological polar surface area (TPSA) is 102 Å². The van der Waals surface area contributed by atoms with Crippen molar-refractivity contribution in [2.75, 3.05) is 53.6 Å². The number of piperidine rings is 1. The van der Waals surface area contributed by atoms with Gasteiger partial charge in [-0.2, -0.15) is 0 Å². The SMILES string of the molecule is CCOc1c(OC)c(CN2CC3(CC(N4CCC(C)(C(=O)O)CC4)=NO3)C2)c(OC)c(OCC)c1-c1ccccc1. The highest BCUT2D eigenvalue weighted by molar-refractivity contribution is 5.86. The number of carboxylic acid groups (broad SMARTS) is 1. The maximum atomic E-state index is 11.6. The highest BCUT2D eigenvalue weighted by atomic mass is 16.7. The number of ether oxygens (including phenoxy) is 4. The Morgan fingerprint density at radius 3 is 2.07 bits per heavy atom. The summed E-state index contributed by atoms with van der Waals surface area (Å²) in [6.45, 7) is 9.97. The quantitative estimate of drug-likeness (QED) is 0.440. The summed E-state index contributed by atoms with van der Waals surface area (Å²) in [5.74, 6) is 2.72. The van der Waals surface area contributed by atoms with E-state index in [0.717, 1.165) is 22.5 Å². The lowest BCUT2D eigenvalue weighted by atomic mass is 9.80. The molecule has 222 valence electrons. The number of carboxylic acids is 1. The Kier molecular flexibility index (Phi) is 8.22. The summed E-state index contributed by atoms with van der Waals surface area (Å²) in [4.78, 5) is 22.1. The van der Waals surface area contributed by atoms with Gasteiger partial charge in [0.2, 0.25) is 0 Å². The van der Waals surface area contributed by atoms with Gasteiger partial charge < -0.3 is 33.8 Å². The molecule has 3 aliphatic heterocycles. The molecular weight excluding hydrogens is 526 g/mol. The van der Waals surface area contributed by atoms with Crippen LogP contribution in [0.2, 0.25) is 0 Å². The molecule has 0 unspecified atom stereocenters. The van der Waals surface area contributed by atoms with Crippen LogP contribution in [0.25, 0.3) is 11.1 Å². The van der Waals surface area contributed by atoms with Crippen molar-refractivity contribution in [1.82, 2.24) is 9.80 Å². The smallest absolute Gasteiger partial charge is 0.309 e. The number of likely N-dealkylation sites (tertiary alicyclic amines) is 2. The van der Waals surface area contributed by atoms with Crippen LogP contribution in [0.1, 0.15) is 45.6 Å². The molecule has 0 amide bonds. The second-order valence-electron chi connectivity index (χ2n) is 11.3. The Bertz CT molecular complexity index is 1250. The van der Waals surface area contributed by atoms with E-state index in [4.69, 9.17) is 23.8 Å². The van der Waals surface area contributed by atoms with E-state index >= 15 is 0 Å². The highest BCUT2D eigenvalue weighted by Gasteiger charge is 2.52. The number of aliphatic carboxylic acids is 1. The fourth-order valence-corrected chi connectivity index (χ4v) is 6.13. The second kappa shape index (κ2) is 11.7. The predicted molar refractivity (Wildman–Crippen MR) is 155 cm³/mol. The number of nitrogens with zero attached hydrogens (tertiary/aromatic N) is 3. The molecule has 3 aliphatic rings. The van der Waals surface area contributed by atoms with Gasteiger partial charge in [-0.15, -0.1) is 0 Å². The van der Waals surface area contributed by atoms with Crippen LogP contribution < -0.4 is 18.9 Å². The van der Waals surface area contributed by atoms with Gasteiger partial charge in [0, 0.05) is 32.7 Å². The van der Waals surface area contributed by atoms with Crippen molar-refractivity contribution >= 4 is 11.8 Å². The molecule has 0 aromatic heterocycles. The first-order valence-electron chi connectivity index (χ1n) is 14.4. The summed E-state index contributed by atoms with van der Waals surface area (Å²) < 4.78 is 24.4. The van der Waals surface area contributed by atoms with Gasteiger partial charge in [-0.25, -0.2) is 0 Å². The molecular formula is C31H41N3O7. The summed E-state index contributed by atoms with van der Waals surface area (Å²) in [6, 6.07) is 10.0. The van der Waals surface area contributed by atoms with Crippen molar-refractivity contribution in [3.05, 3.63) is 35.9 Å². The number of oxime groups is 1. The van der Waals surface area contributed by atoms with Crippen molar-refractivity contribution in [3.63, 3.8) is 0 Å². The zero-order valence-electron chi connectivity index (χ0n) is 24.7. The molecule has 41 heavy (non-hydrogen) atoms. The zero-order chi connectivity index (χ0) is 29.2. The summed E-state index contributed by atoms with van der Waals surface area (Å²) in [7, 11) is 3.31. The standard InChI is InChI=1S/C31H41N3O7/c1-6-39-27-24(21-11-9-8-10-12-21)28(40-7-2)26(38-5)22(25(27)37-4)18-33-19-31(20-33)17-23(32-41-31)34-15-13-30(3,14-16-34)29(35)36/h8-12H,6-7,13-20H2,1-5H3,(H,35,36). The van der Waals surface area contributed by atoms with Crippen LogP contribution in [-0.2, 0) is 16.2 Å². The molecule has 10 heteroatoms. The first-order valence-corrected chi connectivity index (χ1v) is 14.4. The van der Waals surface area contributed by atoms with E-state index < -0.39 is 11.4 Å². The van der Waals surface area contributed by atoms with Crippen LogP contribution in [0.15, 0.2) is 35.5 Å². The van der Waals surface area contributed by atoms with Crippen LogP contribution in [0.4, 0.5) is 0 Å². The molecule has 0 atom stereocenters. The minimum Gasteiger partial charge on any atom is -0.492 e. The van der Waals surface area contributed by atoms with Gasteiger partial charge in [-0.05, 0) is 39.2 Å². The number of amidine groups is 1. The third-order valence-corrected chi connectivity index (χ3v) is 8.44. The van der Waals surface area contributed by atoms with Gasteiger partial charge >= 0.3 is 5.97 Å². The number of carbonyl (C=O) groups is 1. The summed E-state index contributed by atoms with van der Waals surface area (Å²) in [5.41, 5.74) is 1.58. The van der Waals surface area contributed by atoms with Crippen molar-refractivity contribution in [2.24, 2.45) is 10.6 Å². The zero-order valence-corrected chi connectivity index (χ0v) is 24.7. The maximum absolute atomic E-state index is 11.6. The minimum atomic E-state index is -0.726. The van der Waals surface area contributed by atoms with Crippen LogP contribution >= 0.6 is 0 Å². The summed E-state index contributed by atoms with van der Waals surface area (Å²) >= 11 is 0. The lowest BCUT2D eigenvalue weighted by molar-refractivity contribution is -0.150. The molecule has 1 spiro atoms. The molecule has 0 radical (unpaired) electrons. The first-order chi connectivity index (χ1) is 19.8. The maximum Gasteiger partial charge on any atom is 0.309 e. The van der Waals surface area contributed by atoms with Gasteiger partial charge in [-0.1, -0.05) is 35.5 Å². The number of methoxy groups -OCH3 is 2. The largest absolute Gasteiger partial charge is 0.492 e. The molecule has 0 aliphatic carbocycles. The van der Waals surface area contributed by atoms with Crippen LogP contribution in [0.5, 0.6) is 23.0 Å². The Morgan fingerprint density at radius 2 is 1.56 bits per heavy atom. The third-order valence-electron chi connectivity index (χ3n) is 8.44. The summed E-state index contributed by atoms with van der Waals surface area (Å²) in [6.07, 6.45) is 1.91. The fraction of sp³-hybridized carbons (Fsp3) is 0.548. The molecule has 1 N–H and O–H groups in total. The number of hydrogen-bond donors (Lipinski definition) is 1. The van der Waals surface area contributed by atoms with E-state index in [9.17, 15) is 9.90 Å². The molecule has 0 bridgehead atoms. The fourth-order valence-electron chi connectivity index (χ4n) is 6.13. The molecule has 3 heterocycles. The normalized spacial score (nSPS) is 19.2. The average molecular weight is 568 g/mol. The van der Waals surface area contributed by atoms with Gasteiger partial charge in [-0.3, -0.25) is 9.69 Å². The summed E-state index contributed by atoms with van der Waals surface area (Å²) in [5, 5.41) is 14.0. The second-order valence-corrected chi connectivity index (χ2v) is 11.3. The van der Waals surface area contributed by atoms with E-state index in [1.165, 1.54) is 0 Å². The molecule has 10 nitrogen and oxygen atoms in total. The van der Waals surface area contributed by atoms with E-state index in [-0.39, 0.29) is 5.60 Å². The van der Waals surface area contributed by atoms with E-state index in [1.807, 2.05) is 51.1 Å². The van der Waals surface area contributed by atoms with E-state index in [0.29, 0.717) is 88.2 Å². The molecule has 2 saturated heterocycles. The van der Waals surface area contributed by atoms with Crippen molar-refractivity contribution in [3.8, 4) is 34.1 Å². The molecule has 5 rings (SSSR count). The van der Waals surface area contributed by atoms with Crippen LogP contribution in [0, 0.1) is 5.41 Å². The predicted octanol–water partition coefficient (Wildman–Crippen LogP) is 4.64.